The van der Waals surface area contributed by atoms with Crippen LogP contribution in [0.15, 0.2) is 16.8 Å². The number of alkyl halides is 1. The van der Waals surface area contributed by atoms with Crippen molar-refractivity contribution in [1.29, 1.82) is 0 Å². The first-order valence-corrected chi connectivity index (χ1v) is 15.4. The highest BCUT2D eigenvalue weighted by atomic mass is 19.1. The van der Waals surface area contributed by atoms with Crippen LogP contribution in [0.5, 0.6) is 0 Å². The maximum Gasteiger partial charge on any atom is 0.436 e. The molecule has 0 spiro atoms. The minimum Gasteiger partial charge on any atom is -0.389 e. The zero-order valence-corrected chi connectivity index (χ0v) is 25.3. The predicted molar refractivity (Wildman–Crippen MR) is 154 cm³/mol. The number of likely N-dealkylation sites (N-methyl/N-ethyl adjacent to an activating group) is 1. The van der Waals surface area contributed by atoms with Gasteiger partial charge in [-0.25, -0.2) is 9.18 Å². The quantitative estimate of drug-likeness (QED) is 0.100. The lowest BCUT2D eigenvalue weighted by Crippen LogP contribution is -2.51. The molecule has 0 heterocycles. The van der Waals surface area contributed by atoms with Gasteiger partial charge < -0.3 is 19.8 Å². The number of quaternary nitrogens is 1. The second-order valence-corrected chi connectivity index (χ2v) is 14.3. The van der Waals surface area contributed by atoms with Gasteiger partial charge in [-0.05, 0) is 86.9 Å². The normalized spacial score (nSPS) is 36.5. The van der Waals surface area contributed by atoms with Gasteiger partial charge in [-0.15, -0.1) is 0 Å². The summed E-state index contributed by atoms with van der Waals surface area (Å²) in [6, 6.07) is 0. The Morgan fingerprint density at radius 1 is 1.13 bits per heavy atom. The number of allylic oxidation sites excluding steroid dienone is 1. The summed E-state index contributed by atoms with van der Waals surface area (Å²) in [5.41, 5.74) is 2.81. The lowest BCUT2D eigenvalue weighted by molar-refractivity contribution is -0.869. The number of halogens is 1. The highest BCUT2D eigenvalue weighted by Crippen LogP contribution is 2.66. The van der Waals surface area contributed by atoms with E-state index in [4.69, 9.17) is 4.84 Å². The minimum atomic E-state index is -0.601. The van der Waals surface area contributed by atoms with E-state index < -0.39 is 12.8 Å². The van der Waals surface area contributed by atoms with Crippen molar-refractivity contribution < 1.29 is 23.6 Å². The molecule has 0 radical (unpaired) electrons. The van der Waals surface area contributed by atoms with Crippen LogP contribution in [0.4, 0.5) is 9.18 Å². The van der Waals surface area contributed by atoms with Crippen LogP contribution in [-0.4, -0.2) is 92.9 Å². The fraction of sp³-hybridized carbons (Fsp3) is 0.871. The van der Waals surface area contributed by atoms with Gasteiger partial charge in [-0.2, -0.15) is 0 Å². The lowest BCUT2D eigenvalue weighted by Gasteiger charge is -2.58. The molecule has 1 amide bonds. The SMILES string of the molecule is C/C(=N\OC(=O)N(CCF)CCNCC[N+](C)(C)C)[C@H]1CC[C@H]2[C@@H]3CCC4=C[C@H](O)CC[C@]4(C)[C@H]3CC[C@]12C. The van der Waals surface area contributed by atoms with E-state index in [0.29, 0.717) is 36.8 Å². The van der Waals surface area contributed by atoms with Crippen LogP contribution >= 0.6 is 0 Å². The Morgan fingerprint density at radius 2 is 1.90 bits per heavy atom. The Morgan fingerprint density at radius 3 is 2.62 bits per heavy atom. The molecule has 0 unspecified atom stereocenters. The number of hydrogen-bond acceptors (Lipinski definition) is 5. The Balaban J connectivity index is 1.35. The molecule has 222 valence electrons. The van der Waals surface area contributed by atoms with Crippen LogP contribution in [-0.2, 0) is 4.84 Å². The summed E-state index contributed by atoms with van der Waals surface area (Å²) in [6.07, 6.45) is 10.3. The Kier molecular flexibility index (Phi) is 9.49. The smallest absolute Gasteiger partial charge is 0.389 e. The number of aliphatic hydroxyl groups excluding tert-OH is 1. The first-order valence-electron chi connectivity index (χ1n) is 15.4. The Labute approximate surface area is 235 Å². The van der Waals surface area contributed by atoms with E-state index in [0.717, 1.165) is 49.0 Å². The Bertz CT molecular complexity index is 933. The maximum atomic E-state index is 13.2. The topological polar surface area (TPSA) is 74.2 Å². The molecule has 0 bridgehead atoms. The molecule has 0 aromatic rings. The molecule has 3 saturated carbocycles. The second kappa shape index (κ2) is 12.2. The van der Waals surface area contributed by atoms with Crippen molar-refractivity contribution in [2.24, 2.45) is 39.7 Å². The number of carbonyl (C=O) groups is 1. The van der Waals surface area contributed by atoms with Gasteiger partial charge in [0.05, 0.1) is 46.0 Å². The van der Waals surface area contributed by atoms with E-state index in [9.17, 15) is 14.3 Å². The fourth-order valence-electron chi connectivity index (χ4n) is 8.78. The van der Waals surface area contributed by atoms with Gasteiger partial charge in [0.2, 0.25) is 0 Å². The summed E-state index contributed by atoms with van der Waals surface area (Å²) in [4.78, 5) is 19.6. The zero-order chi connectivity index (χ0) is 28.4. The monoisotopic (exact) mass is 549 g/mol. The van der Waals surface area contributed by atoms with E-state index >= 15 is 0 Å². The van der Waals surface area contributed by atoms with Gasteiger partial charge >= 0.3 is 6.09 Å². The molecule has 2 N–H and O–H groups in total. The average molecular weight is 550 g/mol. The van der Waals surface area contributed by atoms with Crippen LogP contribution in [0.1, 0.15) is 72.1 Å². The standard InChI is InChI=1S/C31H54FN4O3/c1-22(34-39-29(38)35(18-15-32)19-16-33-17-20-36(4,5)6)26-9-10-27-25-8-7-23-21-24(37)11-13-30(23,2)28(25)12-14-31(26,27)3/h21,24-28,33,37H,7-20H2,1-6H3/q+1/b34-22+/t24-,25+,26-,27+,28+,30+,31-/m1/s1. The highest BCUT2D eigenvalue weighted by Gasteiger charge is 2.59. The van der Waals surface area contributed by atoms with Crippen LogP contribution in [0.2, 0.25) is 0 Å². The second-order valence-electron chi connectivity index (χ2n) is 14.3. The molecule has 7 nitrogen and oxygen atoms in total. The number of hydrogen-bond donors (Lipinski definition) is 2. The number of rotatable bonds is 10. The molecule has 39 heavy (non-hydrogen) atoms. The number of oxime groups is 1. The molecule has 4 aliphatic carbocycles. The largest absolute Gasteiger partial charge is 0.436 e. The lowest BCUT2D eigenvalue weighted by atomic mass is 9.46. The van der Waals surface area contributed by atoms with Gasteiger partial charge in [0.1, 0.15) is 6.67 Å². The molecule has 4 aliphatic rings. The number of aliphatic hydroxyl groups is 1. The third-order valence-corrected chi connectivity index (χ3v) is 11.0. The van der Waals surface area contributed by atoms with Gasteiger partial charge in [-0.1, -0.05) is 30.7 Å². The molecule has 0 aromatic heterocycles. The van der Waals surface area contributed by atoms with Crippen LogP contribution in [0.25, 0.3) is 0 Å². The molecule has 7 atom stereocenters. The molecular formula is C31H54FN4O3+. The molecule has 0 aromatic carbocycles. The molecule has 4 rings (SSSR count). The first-order chi connectivity index (χ1) is 18.4. The van der Waals surface area contributed by atoms with Crippen molar-refractivity contribution >= 4 is 11.8 Å². The van der Waals surface area contributed by atoms with Gasteiger partial charge in [-0.3, -0.25) is 4.84 Å². The highest BCUT2D eigenvalue weighted by molar-refractivity contribution is 5.85. The number of nitrogens with zero attached hydrogens (tertiary/aromatic N) is 3. The summed E-state index contributed by atoms with van der Waals surface area (Å²) in [5, 5.41) is 17.9. The maximum absolute atomic E-state index is 13.2. The summed E-state index contributed by atoms with van der Waals surface area (Å²) in [5.74, 6) is 2.38. The minimum absolute atomic E-state index is 0.0168. The van der Waals surface area contributed by atoms with E-state index in [1.54, 1.807) is 0 Å². The van der Waals surface area contributed by atoms with Crippen LogP contribution < -0.4 is 5.32 Å². The third-order valence-electron chi connectivity index (χ3n) is 11.0. The van der Waals surface area contributed by atoms with Gasteiger partial charge in [0.15, 0.2) is 0 Å². The molecule has 8 heteroatoms. The van der Waals surface area contributed by atoms with Crippen molar-refractivity contribution in [2.45, 2.75) is 78.2 Å². The summed E-state index contributed by atoms with van der Waals surface area (Å²) >= 11 is 0. The average Bonchev–Trinajstić information content (AvgIpc) is 3.23. The third kappa shape index (κ3) is 6.54. The van der Waals surface area contributed by atoms with Gasteiger partial charge in [0, 0.05) is 25.6 Å². The fourth-order valence-corrected chi connectivity index (χ4v) is 8.78. The van der Waals surface area contributed by atoms with E-state index in [2.05, 4.69) is 51.5 Å². The van der Waals surface area contributed by atoms with Crippen LogP contribution in [0, 0.1) is 34.5 Å². The molecule has 0 aliphatic heterocycles. The zero-order valence-electron chi connectivity index (χ0n) is 25.3. The van der Waals surface area contributed by atoms with Gasteiger partial charge in [0.25, 0.3) is 0 Å². The summed E-state index contributed by atoms with van der Waals surface area (Å²) in [7, 11) is 6.41. The number of carbonyl (C=O) groups excluding carboxylic acids is 1. The van der Waals surface area contributed by atoms with E-state index in [1.807, 2.05) is 6.92 Å². The van der Waals surface area contributed by atoms with Crippen molar-refractivity contribution in [3.05, 3.63) is 11.6 Å². The number of nitrogens with one attached hydrogen (secondary N) is 1. The van der Waals surface area contributed by atoms with E-state index in [1.165, 1.54) is 36.2 Å². The van der Waals surface area contributed by atoms with Crippen molar-refractivity contribution in [3.8, 4) is 0 Å². The van der Waals surface area contributed by atoms with Crippen molar-refractivity contribution in [1.82, 2.24) is 10.2 Å². The molecule has 3 fully saturated rings. The predicted octanol–water partition coefficient (Wildman–Crippen LogP) is 5.01. The summed E-state index contributed by atoms with van der Waals surface area (Å²) < 4.78 is 14.0. The molecular weight excluding hydrogens is 495 g/mol. The summed E-state index contributed by atoms with van der Waals surface area (Å²) in [6.45, 7) is 9.13. The van der Waals surface area contributed by atoms with Crippen molar-refractivity contribution in [2.75, 3.05) is 60.5 Å². The Hall–Kier alpha value is -1.51. The van der Waals surface area contributed by atoms with Crippen LogP contribution in [0.3, 0.4) is 0 Å². The number of fused-ring (bicyclic) bond motifs is 5. The van der Waals surface area contributed by atoms with E-state index in [-0.39, 0.29) is 23.5 Å². The van der Waals surface area contributed by atoms with Crippen molar-refractivity contribution in [3.63, 3.8) is 0 Å². The molecule has 0 saturated heterocycles. The number of amides is 1. The first kappa shape index (κ1) is 30.4.